The van der Waals surface area contributed by atoms with Crippen molar-refractivity contribution in [2.45, 2.75) is 15.0 Å². The fraction of sp³-hybridized carbons (Fsp3) is 0.190. The minimum Gasteiger partial charge on any atom is -0.497 e. The van der Waals surface area contributed by atoms with Crippen molar-refractivity contribution in [1.29, 1.82) is 0 Å². The second-order valence-corrected chi connectivity index (χ2v) is 10.4. The molecule has 8 nitrogen and oxygen atoms in total. The molecule has 1 unspecified atom stereocenters. The Kier molecular flexibility index (Phi) is 6.94. The summed E-state index contributed by atoms with van der Waals surface area (Å²) in [5.41, 5.74) is 0.371. The Labute approximate surface area is 181 Å². The number of nitrogens with one attached hydrogen (secondary N) is 1. The van der Waals surface area contributed by atoms with Crippen LogP contribution in [0.2, 0.25) is 0 Å². The van der Waals surface area contributed by atoms with Gasteiger partial charge in [-0.3, -0.25) is 4.98 Å². The molecule has 3 aromatic rings. The Morgan fingerprint density at radius 2 is 1.68 bits per heavy atom. The van der Waals surface area contributed by atoms with Gasteiger partial charge in [0.25, 0.3) is 0 Å². The van der Waals surface area contributed by atoms with Crippen molar-refractivity contribution in [3.05, 3.63) is 78.6 Å². The summed E-state index contributed by atoms with van der Waals surface area (Å²) in [6.07, 6.45) is 2.93. The van der Waals surface area contributed by atoms with E-state index in [0.29, 0.717) is 11.3 Å². The highest BCUT2D eigenvalue weighted by Crippen LogP contribution is 2.31. The lowest BCUT2D eigenvalue weighted by atomic mass is 10.2. The molecule has 1 N–H and O–H groups in total. The molecule has 0 amide bonds. The number of methoxy groups -OCH3 is 2. The van der Waals surface area contributed by atoms with E-state index >= 15 is 0 Å². The van der Waals surface area contributed by atoms with Gasteiger partial charge in [0, 0.05) is 25.0 Å². The molecule has 10 heteroatoms. The van der Waals surface area contributed by atoms with E-state index in [9.17, 15) is 16.8 Å². The van der Waals surface area contributed by atoms with Crippen molar-refractivity contribution < 1.29 is 26.3 Å². The number of pyridine rings is 1. The average molecular weight is 463 g/mol. The zero-order valence-electron chi connectivity index (χ0n) is 16.9. The number of benzene rings is 2. The predicted molar refractivity (Wildman–Crippen MR) is 115 cm³/mol. The van der Waals surface area contributed by atoms with Crippen molar-refractivity contribution in [2.24, 2.45) is 0 Å². The molecule has 3 rings (SSSR count). The van der Waals surface area contributed by atoms with Crippen LogP contribution in [0.5, 0.6) is 11.5 Å². The van der Waals surface area contributed by atoms with Gasteiger partial charge in [0.2, 0.25) is 10.0 Å². The third kappa shape index (κ3) is 5.04. The van der Waals surface area contributed by atoms with Crippen LogP contribution in [0.15, 0.2) is 82.8 Å². The molecule has 0 saturated carbocycles. The quantitative estimate of drug-likeness (QED) is 0.520. The van der Waals surface area contributed by atoms with Gasteiger partial charge in [-0.05, 0) is 35.9 Å². The Morgan fingerprint density at radius 3 is 2.29 bits per heavy atom. The van der Waals surface area contributed by atoms with E-state index in [4.69, 9.17) is 9.47 Å². The first-order valence-electron chi connectivity index (χ1n) is 9.20. The summed E-state index contributed by atoms with van der Waals surface area (Å²) >= 11 is 0. The molecule has 0 bridgehead atoms. The van der Waals surface area contributed by atoms with Gasteiger partial charge in [-0.2, -0.15) is 0 Å². The molecule has 0 aliphatic carbocycles. The van der Waals surface area contributed by atoms with Crippen molar-refractivity contribution in [1.82, 2.24) is 9.71 Å². The molecule has 0 saturated heterocycles. The van der Waals surface area contributed by atoms with Gasteiger partial charge < -0.3 is 9.47 Å². The smallest absolute Gasteiger partial charge is 0.244 e. The second-order valence-electron chi connectivity index (χ2n) is 6.50. The number of hydrogen-bond donors (Lipinski definition) is 1. The summed E-state index contributed by atoms with van der Waals surface area (Å²) in [5, 5.41) is -1.18. The van der Waals surface area contributed by atoms with Crippen LogP contribution in [0.3, 0.4) is 0 Å². The van der Waals surface area contributed by atoms with E-state index in [0.717, 1.165) is 0 Å². The van der Waals surface area contributed by atoms with Crippen LogP contribution in [0.1, 0.15) is 10.8 Å². The monoisotopic (exact) mass is 462 g/mol. The number of nitrogens with zero attached hydrogens (tertiary/aromatic N) is 1. The lowest BCUT2D eigenvalue weighted by Gasteiger charge is -2.19. The SMILES string of the molecule is COc1ccc(S(=O)(=O)NCC(c2cccnc2)S(=O)(=O)c2ccccc2)c(OC)c1. The molecule has 2 aromatic carbocycles. The Morgan fingerprint density at radius 1 is 0.935 bits per heavy atom. The van der Waals surface area contributed by atoms with E-state index in [1.807, 2.05) is 0 Å². The van der Waals surface area contributed by atoms with Crippen LogP contribution >= 0.6 is 0 Å². The van der Waals surface area contributed by atoms with Gasteiger partial charge in [0.05, 0.1) is 19.1 Å². The van der Waals surface area contributed by atoms with Gasteiger partial charge >= 0.3 is 0 Å². The van der Waals surface area contributed by atoms with E-state index in [-0.39, 0.29) is 22.1 Å². The molecule has 164 valence electrons. The predicted octanol–water partition coefficient (Wildman–Crippen LogP) is 2.59. The van der Waals surface area contributed by atoms with Gasteiger partial charge in [-0.15, -0.1) is 0 Å². The first kappa shape index (κ1) is 22.7. The normalized spacial score (nSPS) is 12.8. The van der Waals surface area contributed by atoms with Crippen molar-refractivity contribution in [3.8, 4) is 11.5 Å². The number of hydrogen-bond acceptors (Lipinski definition) is 7. The highest BCUT2D eigenvalue weighted by atomic mass is 32.2. The standard InChI is InChI=1S/C21H22N2O6S2/c1-28-17-10-11-20(19(13-17)29-2)31(26,27)23-15-21(16-7-6-12-22-14-16)30(24,25)18-8-4-3-5-9-18/h3-14,21,23H,15H2,1-2H3. The summed E-state index contributed by atoms with van der Waals surface area (Å²) in [6.45, 7) is -0.388. The fourth-order valence-corrected chi connectivity index (χ4v) is 5.97. The summed E-state index contributed by atoms with van der Waals surface area (Å²) < 4.78 is 65.2. The number of sulfone groups is 1. The number of ether oxygens (including phenoxy) is 2. The van der Waals surface area contributed by atoms with Crippen LogP contribution in [0.4, 0.5) is 0 Å². The highest BCUT2D eigenvalue weighted by Gasteiger charge is 2.31. The largest absolute Gasteiger partial charge is 0.497 e. The Hall–Kier alpha value is -2.95. The lowest BCUT2D eigenvalue weighted by Crippen LogP contribution is -2.32. The lowest BCUT2D eigenvalue weighted by molar-refractivity contribution is 0.386. The summed E-state index contributed by atoms with van der Waals surface area (Å²) in [7, 11) is -5.20. The van der Waals surface area contributed by atoms with Crippen LogP contribution in [-0.4, -0.2) is 42.6 Å². The number of sulfonamides is 1. The topological polar surface area (TPSA) is 112 Å². The molecule has 0 radical (unpaired) electrons. The minimum absolute atomic E-state index is 0.0793. The number of aromatic nitrogens is 1. The van der Waals surface area contributed by atoms with E-state index in [1.54, 1.807) is 30.3 Å². The molecule has 31 heavy (non-hydrogen) atoms. The fourth-order valence-electron chi connectivity index (χ4n) is 3.01. The van der Waals surface area contributed by atoms with Crippen LogP contribution in [0.25, 0.3) is 0 Å². The summed E-state index contributed by atoms with van der Waals surface area (Å²) in [5.74, 6) is 0.506. The molecular weight excluding hydrogens is 440 g/mol. The molecule has 0 fully saturated rings. The maximum atomic E-state index is 13.3. The van der Waals surface area contributed by atoms with Crippen molar-refractivity contribution in [2.75, 3.05) is 20.8 Å². The van der Waals surface area contributed by atoms with Crippen LogP contribution in [0, 0.1) is 0 Å². The minimum atomic E-state index is -4.09. The molecule has 1 heterocycles. The summed E-state index contributed by atoms with van der Waals surface area (Å²) in [4.78, 5) is 3.95. The van der Waals surface area contributed by atoms with Gasteiger partial charge in [0.15, 0.2) is 9.84 Å². The second kappa shape index (κ2) is 9.46. The van der Waals surface area contributed by atoms with E-state index < -0.39 is 25.1 Å². The first-order valence-corrected chi connectivity index (χ1v) is 12.2. The Bertz CT molecular complexity index is 1230. The Balaban J connectivity index is 1.96. The van der Waals surface area contributed by atoms with Gasteiger partial charge in [-0.25, -0.2) is 21.6 Å². The summed E-state index contributed by atoms with van der Waals surface area (Å²) in [6, 6.07) is 15.3. The third-order valence-electron chi connectivity index (χ3n) is 4.62. The van der Waals surface area contributed by atoms with Crippen LogP contribution < -0.4 is 14.2 Å². The van der Waals surface area contributed by atoms with E-state index in [1.165, 1.54) is 56.9 Å². The van der Waals surface area contributed by atoms with Gasteiger partial charge in [-0.1, -0.05) is 24.3 Å². The maximum absolute atomic E-state index is 13.3. The molecular formula is C21H22N2O6S2. The average Bonchev–Trinajstić information content (AvgIpc) is 2.79. The first-order chi connectivity index (χ1) is 14.8. The zero-order chi connectivity index (χ0) is 22.5. The zero-order valence-corrected chi connectivity index (χ0v) is 18.6. The van der Waals surface area contributed by atoms with E-state index in [2.05, 4.69) is 9.71 Å². The molecule has 1 atom stereocenters. The van der Waals surface area contributed by atoms with Crippen molar-refractivity contribution in [3.63, 3.8) is 0 Å². The molecule has 0 aliphatic rings. The third-order valence-corrected chi connectivity index (χ3v) is 8.20. The highest BCUT2D eigenvalue weighted by molar-refractivity contribution is 7.92. The van der Waals surface area contributed by atoms with Crippen LogP contribution in [-0.2, 0) is 19.9 Å². The van der Waals surface area contributed by atoms with Crippen molar-refractivity contribution >= 4 is 19.9 Å². The maximum Gasteiger partial charge on any atom is 0.244 e. The molecule has 1 aromatic heterocycles. The molecule has 0 aliphatic heterocycles. The number of rotatable bonds is 9. The van der Waals surface area contributed by atoms with Gasteiger partial charge in [0.1, 0.15) is 21.6 Å². The molecule has 0 spiro atoms.